The number of allylic oxidation sites excluding steroid dienone is 1. The van der Waals surface area contributed by atoms with Crippen molar-refractivity contribution in [1.29, 1.82) is 0 Å². The molecule has 0 fully saturated rings. The molecule has 22 heavy (non-hydrogen) atoms. The Morgan fingerprint density at radius 2 is 1.73 bits per heavy atom. The molecule has 2 aromatic rings. The van der Waals surface area contributed by atoms with Gasteiger partial charge in [0.25, 0.3) is 0 Å². The van der Waals surface area contributed by atoms with Crippen LogP contribution >= 0.6 is 0 Å². The van der Waals surface area contributed by atoms with Crippen LogP contribution in [-0.2, 0) is 0 Å². The zero-order valence-corrected chi connectivity index (χ0v) is 12.3. The molecular weight excluding hydrogens is 285 g/mol. The van der Waals surface area contributed by atoms with E-state index >= 15 is 0 Å². The number of benzene rings is 2. The minimum Gasteiger partial charge on any atom is -0.493 e. The number of rotatable bonds is 6. The van der Waals surface area contributed by atoms with Crippen LogP contribution in [0.2, 0.25) is 0 Å². The molecule has 0 unspecified atom stereocenters. The fourth-order valence-electron chi connectivity index (χ4n) is 1.85. The lowest BCUT2D eigenvalue weighted by molar-refractivity contribution is 0.104. The molecule has 0 saturated heterocycles. The number of methoxy groups -OCH3 is 2. The van der Waals surface area contributed by atoms with Crippen LogP contribution < -0.4 is 14.8 Å². The molecule has 0 radical (unpaired) electrons. The maximum Gasteiger partial charge on any atom is 0.187 e. The quantitative estimate of drug-likeness (QED) is 0.653. The Balaban J connectivity index is 2.03. The van der Waals surface area contributed by atoms with Crippen LogP contribution in [0.1, 0.15) is 10.4 Å². The Hall–Kier alpha value is -2.82. The summed E-state index contributed by atoms with van der Waals surface area (Å²) in [5, 5.41) is 2.97. The highest BCUT2D eigenvalue weighted by Gasteiger charge is 2.04. The van der Waals surface area contributed by atoms with Crippen LogP contribution in [-0.4, -0.2) is 20.0 Å². The van der Waals surface area contributed by atoms with E-state index in [-0.39, 0.29) is 11.6 Å². The summed E-state index contributed by atoms with van der Waals surface area (Å²) < 4.78 is 23.1. The second-order valence-corrected chi connectivity index (χ2v) is 4.42. The average molecular weight is 301 g/mol. The standard InChI is InChI=1S/C17H16FNO3/c1-21-16-8-7-14(11-17(16)22-2)19-10-9-15(20)12-3-5-13(18)6-4-12/h3-11,19H,1-2H3. The third-order valence-electron chi connectivity index (χ3n) is 3.00. The molecule has 0 aliphatic carbocycles. The van der Waals surface area contributed by atoms with Gasteiger partial charge in [0, 0.05) is 29.6 Å². The number of hydrogen-bond acceptors (Lipinski definition) is 4. The first-order chi connectivity index (χ1) is 10.6. The summed E-state index contributed by atoms with van der Waals surface area (Å²) in [5.74, 6) is 0.627. The molecule has 0 aromatic heterocycles. The van der Waals surface area contributed by atoms with E-state index in [9.17, 15) is 9.18 Å². The smallest absolute Gasteiger partial charge is 0.187 e. The number of hydrogen-bond donors (Lipinski definition) is 1. The van der Waals surface area contributed by atoms with Gasteiger partial charge >= 0.3 is 0 Å². The highest BCUT2D eigenvalue weighted by atomic mass is 19.1. The van der Waals surface area contributed by atoms with Crippen molar-refractivity contribution >= 4 is 11.5 Å². The number of carbonyl (C=O) groups excluding carboxylic acids is 1. The predicted molar refractivity (Wildman–Crippen MR) is 83.0 cm³/mol. The summed E-state index contributed by atoms with van der Waals surface area (Å²) in [5.41, 5.74) is 1.17. The van der Waals surface area contributed by atoms with Gasteiger partial charge in [-0.1, -0.05) is 0 Å². The zero-order chi connectivity index (χ0) is 15.9. The molecule has 0 atom stereocenters. The van der Waals surface area contributed by atoms with Gasteiger partial charge in [-0.3, -0.25) is 4.79 Å². The number of nitrogens with one attached hydrogen (secondary N) is 1. The molecule has 0 amide bonds. The van der Waals surface area contributed by atoms with E-state index in [0.29, 0.717) is 17.1 Å². The van der Waals surface area contributed by atoms with Crippen LogP contribution in [0.15, 0.2) is 54.7 Å². The second-order valence-electron chi connectivity index (χ2n) is 4.42. The van der Waals surface area contributed by atoms with Crippen LogP contribution in [0.25, 0.3) is 0 Å². The van der Waals surface area contributed by atoms with E-state index in [1.807, 2.05) is 0 Å². The lowest BCUT2D eigenvalue weighted by atomic mass is 10.1. The van der Waals surface area contributed by atoms with Crippen molar-refractivity contribution in [3.8, 4) is 11.5 Å². The van der Waals surface area contributed by atoms with E-state index in [2.05, 4.69) is 5.32 Å². The summed E-state index contributed by atoms with van der Waals surface area (Å²) in [7, 11) is 3.11. The molecular formula is C17H16FNO3. The monoisotopic (exact) mass is 301 g/mol. The SMILES string of the molecule is COc1ccc(NC=CC(=O)c2ccc(F)cc2)cc1OC. The average Bonchev–Trinajstić information content (AvgIpc) is 2.55. The van der Waals surface area contributed by atoms with Gasteiger partial charge in [-0.2, -0.15) is 0 Å². The number of carbonyl (C=O) groups is 1. The normalized spacial score (nSPS) is 10.5. The van der Waals surface area contributed by atoms with Crippen molar-refractivity contribution in [3.05, 3.63) is 66.1 Å². The van der Waals surface area contributed by atoms with Crippen LogP contribution in [0.4, 0.5) is 10.1 Å². The molecule has 2 rings (SSSR count). The van der Waals surface area contributed by atoms with Crippen LogP contribution in [0.3, 0.4) is 0 Å². The number of anilines is 1. The van der Waals surface area contributed by atoms with Gasteiger partial charge in [-0.25, -0.2) is 4.39 Å². The summed E-state index contributed by atoms with van der Waals surface area (Å²) in [6.45, 7) is 0. The molecule has 0 aliphatic heterocycles. The first-order valence-corrected chi connectivity index (χ1v) is 6.59. The third-order valence-corrected chi connectivity index (χ3v) is 3.00. The molecule has 0 spiro atoms. The third kappa shape index (κ3) is 3.85. The van der Waals surface area contributed by atoms with Crippen molar-refractivity contribution in [1.82, 2.24) is 0 Å². The van der Waals surface area contributed by atoms with Gasteiger partial charge in [0.05, 0.1) is 14.2 Å². The van der Waals surface area contributed by atoms with Crippen LogP contribution in [0, 0.1) is 5.82 Å². The molecule has 1 N–H and O–H groups in total. The van der Waals surface area contributed by atoms with Gasteiger partial charge < -0.3 is 14.8 Å². The highest BCUT2D eigenvalue weighted by Crippen LogP contribution is 2.29. The Labute approximate surface area is 128 Å². The number of halogens is 1. The van der Waals surface area contributed by atoms with Gasteiger partial charge in [0.1, 0.15) is 5.82 Å². The van der Waals surface area contributed by atoms with Crippen molar-refractivity contribution in [2.24, 2.45) is 0 Å². The van der Waals surface area contributed by atoms with Crippen molar-refractivity contribution < 1.29 is 18.7 Å². The Morgan fingerprint density at radius 3 is 2.36 bits per heavy atom. The molecule has 0 saturated carbocycles. The lowest BCUT2D eigenvalue weighted by Gasteiger charge is -2.09. The molecule has 2 aromatic carbocycles. The highest BCUT2D eigenvalue weighted by molar-refractivity contribution is 6.04. The number of ether oxygens (including phenoxy) is 2. The Morgan fingerprint density at radius 1 is 1.05 bits per heavy atom. The van der Waals surface area contributed by atoms with Crippen molar-refractivity contribution in [3.63, 3.8) is 0 Å². The lowest BCUT2D eigenvalue weighted by Crippen LogP contribution is -1.97. The van der Waals surface area contributed by atoms with E-state index < -0.39 is 0 Å². The van der Waals surface area contributed by atoms with Gasteiger partial charge in [0.2, 0.25) is 0 Å². The fraction of sp³-hybridized carbons (Fsp3) is 0.118. The van der Waals surface area contributed by atoms with Crippen molar-refractivity contribution in [2.45, 2.75) is 0 Å². The van der Waals surface area contributed by atoms with Crippen LogP contribution in [0.5, 0.6) is 11.5 Å². The second kappa shape index (κ2) is 7.26. The zero-order valence-electron chi connectivity index (χ0n) is 12.3. The summed E-state index contributed by atoms with van der Waals surface area (Å²) in [6, 6.07) is 10.7. The fourth-order valence-corrected chi connectivity index (χ4v) is 1.85. The Kier molecular flexibility index (Phi) is 5.14. The molecule has 4 nitrogen and oxygen atoms in total. The molecule has 5 heteroatoms. The van der Waals surface area contributed by atoms with E-state index in [4.69, 9.17) is 9.47 Å². The van der Waals surface area contributed by atoms with Gasteiger partial charge in [0.15, 0.2) is 17.3 Å². The largest absolute Gasteiger partial charge is 0.493 e. The molecule has 0 bridgehead atoms. The molecule has 114 valence electrons. The van der Waals surface area contributed by atoms with E-state index in [0.717, 1.165) is 5.69 Å². The maximum atomic E-state index is 12.8. The summed E-state index contributed by atoms with van der Waals surface area (Å²) >= 11 is 0. The number of ketones is 1. The Bertz CT molecular complexity index is 681. The maximum absolute atomic E-state index is 12.8. The predicted octanol–water partition coefficient (Wildman–Crippen LogP) is 3.65. The minimum atomic E-state index is -0.371. The first-order valence-electron chi connectivity index (χ1n) is 6.59. The summed E-state index contributed by atoms with van der Waals surface area (Å²) in [6.07, 6.45) is 2.90. The van der Waals surface area contributed by atoms with Crippen molar-refractivity contribution in [2.75, 3.05) is 19.5 Å². The summed E-state index contributed by atoms with van der Waals surface area (Å²) in [4.78, 5) is 11.9. The molecule has 0 heterocycles. The van der Waals surface area contributed by atoms with E-state index in [1.165, 1.54) is 36.5 Å². The van der Waals surface area contributed by atoms with E-state index in [1.54, 1.807) is 32.4 Å². The molecule has 0 aliphatic rings. The van der Waals surface area contributed by atoms with Gasteiger partial charge in [-0.15, -0.1) is 0 Å². The van der Waals surface area contributed by atoms with Gasteiger partial charge in [-0.05, 0) is 36.4 Å². The first kappa shape index (κ1) is 15.6. The minimum absolute atomic E-state index is 0.215. The topological polar surface area (TPSA) is 47.6 Å².